The molecule has 2 aliphatic rings. The molecule has 0 aromatic carbocycles. The van der Waals surface area contributed by atoms with E-state index in [0.29, 0.717) is 6.04 Å². The topological polar surface area (TPSA) is 40.5 Å². The largest absolute Gasteiger partial charge is 0.480 e. The second-order valence-electron chi connectivity index (χ2n) is 5.12. The van der Waals surface area contributed by atoms with E-state index in [-0.39, 0.29) is 6.04 Å². The summed E-state index contributed by atoms with van der Waals surface area (Å²) in [5.74, 6) is 0.258. The van der Waals surface area contributed by atoms with Crippen LogP contribution in [0, 0.1) is 5.92 Å². The first kappa shape index (κ1) is 10.9. The summed E-state index contributed by atoms with van der Waals surface area (Å²) in [7, 11) is 0. The standard InChI is InChI=1S/C12H21NO2/c1-9(8-10-5-6-10)13-7-3-2-4-11(13)12(14)15/h9-11H,2-8H2,1H3,(H,14,15). The molecule has 1 N–H and O–H groups in total. The molecule has 1 heterocycles. The number of hydrogen-bond donors (Lipinski definition) is 1. The first-order valence-corrected chi connectivity index (χ1v) is 6.17. The Balaban J connectivity index is 1.92. The van der Waals surface area contributed by atoms with Crippen LogP contribution in [0.1, 0.15) is 45.4 Å². The minimum Gasteiger partial charge on any atom is -0.480 e. The van der Waals surface area contributed by atoms with E-state index in [4.69, 9.17) is 5.11 Å². The molecule has 2 rings (SSSR count). The molecule has 1 saturated carbocycles. The van der Waals surface area contributed by atoms with Gasteiger partial charge in [0.1, 0.15) is 6.04 Å². The quantitative estimate of drug-likeness (QED) is 0.774. The first-order valence-electron chi connectivity index (χ1n) is 6.17. The zero-order valence-electron chi connectivity index (χ0n) is 9.48. The molecule has 2 atom stereocenters. The van der Waals surface area contributed by atoms with Crippen LogP contribution in [0.3, 0.4) is 0 Å². The molecule has 2 fully saturated rings. The van der Waals surface area contributed by atoms with Crippen molar-refractivity contribution in [3.05, 3.63) is 0 Å². The van der Waals surface area contributed by atoms with Gasteiger partial charge in [0.15, 0.2) is 0 Å². The predicted molar refractivity (Wildman–Crippen MR) is 58.8 cm³/mol. The molecule has 0 spiro atoms. The van der Waals surface area contributed by atoms with Crippen molar-refractivity contribution in [1.82, 2.24) is 4.90 Å². The Labute approximate surface area is 91.5 Å². The van der Waals surface area contributed by atoms with Crippen LogP contribution in [-0.2, 0) is 4.79 Å². The lowest BCUT2D eigenvalue weighted by Gasteiger charge is -2.37. The SMILES string of the molecule is CC(CC1CC1)N1CCCCC1C(=O)O. The third kappa shape index (κ3) is 2.71. The van der Waals surface area contributed by atoms with Gasteiger partial charge in [0.2, 0.25) is 0 Å². The third-order valence-corrected chi connectivity index (χ3v) is 3.77. The van der Waals surface area contributed by atoms with Gasteiger partial charge in [-0.2, -0.15) is 0 Å². The predicted octanol–water partition coefficient (Wildman–Crippen LogP) is 2.11. The van der Waals surface area contributed by atoms with Gasteiger partial charge in [-0.3, -0.25) is 9.69 Å². The summed E-state index contributed by atoms with van der Waals surface area (Å²) in [4.78, 5) is 13.3. The van der Waals surface area contributed by atoms with Gasteiger partial charge in [0.25, 0.3) is 0 Å². The van der Waals surface area contributed by atoms with E-state index in [1.807, 2.05) is 0 Å². The van der Waals surface area contributed by atoms with Gasteiger partial charge in [-0.15, -0.1) is 0 Å². The minimum atomic E-state index is -0.627. The summed E-state index contributed by atoms with van der Waals surface area (Å²) < 4.78 is 0. The molecule has 2 unspecified atom stereocenters. The zero-order valence-corrected chi connectivity index (χ0v) is 9.48. The lowest BCUT2D eigenvalue weighted by Crippen LogP contribution is -2.49. The Morgan fingerprint density at radius 3 is 2.73 bits per heavy atom. The molecule has 0 radical (unpaired) electrons. The molecule has 0 bridgehead atoms. The second kappa shape index (κ2) is 4.52. The fourth-order valence-corrected chi connectivity index (χ4v) is 2.72. The Morgan fingerprint density at radius 1 is 1.40 bits per heavy atom. The molecule has 3 nitrogen and oxygen atoms in total. The van der Waals surface area contributed by atoms with E-state index in [1.54, 1.807) is 0 Å². The van der Waals surface area contributed by atoms with Crippen molar-refractivity contribution < 1.29 is 9.90 Å². The number of carbonyl (C=O) groups is 1. The lowest BCUT2D eigenvalue weighted by molar-refractivity contribution is -0.145. The molecular formula is C12H21NO2. The molecule has 1 aliphatic heterocycles. The fraction of sp³-hybridized carbons (Fsp3) is 0.917. The second-order valence-corrected chi connectivity index (χ2v) is 5.12. The maximum Gasteiger partial charge on any atom is 0.320 e. The summed E-state index contributed by atoms with van der Waals surface area (Å²) in [6.45, 7) is 3.17. The molecule has 0 aromatic rings. The Hall–Kier alpha value is -0.570. The van der Waals surface area contributed by atoms with Crippen LogP contribution in [0.15, 0.2) is 0 Å². The van der Waals surface area contributed by atoms with Crippen molar-refractivity contribution in [3.63, 3.8) is 0 Å². The van der Waals surface area contributed by atoms with E-state index in [2.05, 4.69) is 11.8 Å². The summed E-state index contributed by atoms with van der Waals surface area (Å²) in [6.07, 6.45) is 6.99. The van der Waals surface area contributed by atoms with Crippen LogP contribution < -0.4 is 0 Å². The average Bonchev–Trinajstić information content (AvgIpc) is 3.01. The van der Waals surface area contributed by atoms with Crippen LogP contribution in [0.4, 0.5) is 0 Å². The van der Waals surface area contributed by atoms with Crippen LogP contribution >= 0.6 is 0 Å². The molecule has 1 saturated heterocycles. The van der Waals surface area contributed by atoms with Crippen molar-refractivity contribution in [2.75, 3.05) is 6.54 Å². The van der Waals surface area contributed by atoms with E-state index >= 15 is 0 Å². The number of hydrogen-bond acceptors (Lipinski definition) is 2. The monoisotopic (exact) mass is 211 g/mol. The van der Waals surface area contributed by atoms with Crippen molar-refractivity contribution >= 4 is 5.97 Å². The van der Waals surface area contributed by atoms with Crippen LogP contribution in [0.25, 0.3) is 0 Å². The number of piperidine rings is 1. The van der Waals surface area contributed by atoms with Gasteiger partial charge in [0, 0.05) is 6.04 Å². The summed E-state index contributed by atoms with van der Waals surface area (Å²) >= 11 is 0. The number of carboxylic acid groups (broad SMARTS) is 1. The van der Waals surface area contributed by atoms with Gasteiger partial charge in [-0.1, -0.05) is 19.3 Å². The number of aliphatic carboxylic acids is 1. The van der Waals surface area contributed by atoms with Crippen molar-refractivity contribution in [1.29, 1.82) is 0 Å². The molecular weight excluding hydrogens is 190 g/mol. The van der Waals surface area contributed by atoms with Gasteiger partial charge in [-0.25, -0.2) is 0 Å². The average molecular weight is 211 g/mol. The Kier molecular flexibility index (Phi) is 3.29. The van der Waals surface area contributed by atoms with Gasteiger partial charge >= 0.3 is 5.97 Å². The Morgan fingerprint density at radius 2 is 2.13 bits per heavy atom. The molecule has 3 heteroatoms. The zero-order chi connectivity index (χ0) is 10.8. The molecule has 0 aromatic heterocycles. The lowest BCUT2D eigenvalue weighted by atomic mass is 9.98. The highest BCUT2D eigenvalue weighted by atomic mass is 16.4. The van der Waals surface area contributed by atoms with Crippen molar-refractivity contribution in [2.45, 2.75) is 57.5 Å². The number of likely N-dealkylation sites (tertiary alicyclic amines) is 1. The normalized spacial score (nSPS) is 30.1. The minimum absolute atomic E-state index is 0.215. The summed E-state index contributed by atoms with van der Waals surface area (Å²) in [6, 6.07) is 0.242. The van der Waals surface area contributed by atoms with E-state index in [0.717, 1.165) is 25.3 Å². The molecule has 86 valence electrons. The maximum absolute atomic E-state index is 11.1. The summed E-state index contributed by atoms with van der Waals surface area (Å²) in [5, 5.41) is 9.17. The van der Waals surface area contributed by atoms with Crippen LogP contribution in [-0.4, -0.2) is 34.6 Å². The third-order valence-electron chi connectivity index (χ3n) is 3.77. The van der Waals surface area contributed by atoms with Crippen molar-refractivity contribution in [3.8, 4) is 0 Å². The molecule has 15 heavy (non-hydrogen) atoms. The molecule has 0 amide bonds. The van der Waals surface area contributed by atoms with Gasteiger partial charge < -0.3 is 5.11 Å². The highest BCUT2D eigenvalue weighted by Gasteiger charge is 2.34. The Bertz CT molecular complexity index is 238. The van der Waals surface area contributed by atoms with Gasteiger partial charge in [-0.05, 0) is 38.6 Å². The number of rotatable bonds is 4. The number of carboxylic acids is 1. The van der Waals surface area contributed by atoms with Crippen molar-refractivity contribution in [2.24, 2.45) is 5.92 Å². The number of nitrogens with zero attached hydrogens (tertiary/aromatic N) is 1. The van der Waals surface area contributed by atoms with E-state index in [9.17, 15) is 4.79 Å². The van der Waals surface area contributed by atoms with E-state index in [1.165, 1.54) is 25.7 Å². The molecule has 1 aliphatic carbocycles. The van der Waals surface area contributed by atoms with Crippen LogP contribution in [0.2, 0.25) is 0 Å². The summed E-state index contributed by atoms with van der Waals surface area (Å²) in [5.41, 5.74) is 0. The maximum atomic E-state index is 11.1. The highest BCUT2D eigenvalue weighted by molar-refractivity contribution is 5.73. The first-order chi connectivity index (χ1) is 7.18. The van der Waals surface area contributed by atoms with E-state index < -0.39 is 5.97 Å². The smallest absolute Gasteiger partial charge is 0.320 e. The van der Waals surface area contributed by atoms with Crippen LogP contribution in [0.5, 0.6) is 0 Å². The van der Waals surface area contributed by atoms with Gasteiger partial charge in [0.05, 0.1) is 0 Å². The highest BCUT2D eigenvalue weighted by Crippen LogP contribution is 2.35. The fourth-order valence-electron chi connectivity index (χ4n) is 2.72.